The SMILES string of the molecule is CNc1ccc(C=Cc2nc3ccc(O)cc3o2)cc1. The van der Waals surface area contributed by atoms with Gasteiger partial charge in [0.05, 0.1) is 0 Å². The number of phenolic OH excluding ortho intramolecular Hbond substituents is 1. The molecular formula is C16H14N2O2. The summed E-state index contributed by atoms with van der Waals surface area (Å²) in [6, 6.07) is 12.9. The molecule has 0 saturated heterocycles. The van der Waals surface area contributed by atoms with E-state index in [4.69, 9.17) is 4.42 Å². The van der Waals surface area contributed by atoms with Crippen LogP contribution in [0.3, 0.4) is 0 Å². The maximum Gasteiger partial charge on any atom is 0.220 e. The summed E-state index contributed by atoms with van der Waals surface area (Å²) in [6.45, 7) is 0. The van der Waals surface area contributed by atoms with Crippen LogP contribution in [0.25, 0.3) is 23.3 Å². The van der Waals surface area contributed by atoms with Gasteiger partial charge in [-0.3, -0.25) is 0 Å². The summed E-state index contributed by atoms with van der Waals surface area (Å²) in [5.41, 5.74) is 3.44. The standard InChI is InChI=1S/C16H14N2O2/c1-17-12-5-2-11(3-6-12)4-9-16-18-14-8-7-13(19)10-15(14)20-16/h2-10,17,19H,1H3. The molecule has 3 rings (SSSR count). The van der Waals surface area contributed by atoms with E-state index < -0.39 is 0 Å². The van der Waals surface area contributed by atoms with E-state index in [1.165, 1.54) is 0 Å². The lowest BCUT2D eigenvalue weighted by Gasteiger charge is -1.98. The third-order valence-corrected chi connectivity index (χ3v) is 3.01. The van der Waals surface area contributed by atoms with Crippen LogP contribution < -0.4 is 5.32 Å². The first-order valence-corrected chi connectivity index (χ1v) is 6.30. The Morgan fingerprint density at radius 1 is 1.10 bits per heavy atom. The van der Waals surface area contributed by atoms with E-state index in [0.717, 1.165) is 16.8 Å². The molecular weight excluding hydrogens is 252 g/mol. The van der Waals surface area contributed by atoms with Crippen molar-refractivity contribution >= 4 is 28.9 Å². The zero-order valence-electron chi connectivity index (χ0n) is 11.0. The van der Waals surface area contributed by atoms with E-state index in [-0.39, 0.29) is 5.75 Å². The molecule has 3 aromatic rings. The molecule has 4 heteroatoms. The normalized spacial score (nSPS) is 11.2. The second-order valence-electron chi connectivity index (χ2n) is 4.41. The van der Waals surface area contributed by atoms with Gasteiger partial charge in [-0.2, -0.15) is 0 Å². The Kier molecular flexibility index (Phi) is 3.13. The van der Waals surface area contributed by atoms with E-state index in [1.54, 1.807) is 18.2 Å². The summed E-state index contributed by atoms with van der Waals surface area (Å²) in [7, 11) is 1.89. The second-order valence-corrected chi connectivity index (χ2v) is 4.41. The summed E-state index contributed by atoms with van der Waals surface area (Å²) in [6.07, 6.45) is 3.75. The van der Waals surface area contributed by atoms with E-state index >= 15 is 0 Å². The summed E-state index contributed by atoms with van der Waals surface area (Å²) in [5, 5.41) is 12.5. The van der Waals surface area contributed by atoms with E-state index in [9.17, 15) is 5.11 Å². The highest BCUT2D eigenvalue weighted by molar-refractivity contribution is 5.77. The zero-order valence-corrected chi connectivity index (χ0v) is 11.0. The second kappa shape index (κ2) is 5.09. The van der Waals surface area contributed by atoms with Gasteiger partial charge in [0.15, 0.2) is 5.58 Å². The molecule has 1 heterocycles. The van der Waals surface area contributed by atoms with Crippen molar-refractivity contribution in [3.63, 3.8) is 0 Å². The lowest BCUT2D eigenvalue weighted by Crippen LogP contribution is -1.86. The Morgan fingerprint density at radius 2 is 1.90 bits per heavy atom. The number of nitrogens with one attached hydrogen (secondary N) is 1. The molecule has 0 saturated carbocycles. The number of aromatic hydroxyl groups is 1. The molecule has 0 spiro atoms. The van der Waals surface area contributed by atoms with Gasteiger partial charge in [0.2, 0.25) is 5.89 Å². The summed E-state index contributed by atoms with van der Waals surface area (Å²) >= 11 is 0. The van der Waals surface area contributed by atoms with Gasteiger partial charge in [-0.25, -0.2) is 4.98 Å². The average molecular weight is 266 g/mol. The van der Waals surface area contributed by atoms with Gasteiger partial charge in [0, 0.05) is 24.9 Å². The molecule has 4 nitrogen and oxygen atoms in total. The van der Waals surface area contributed by atoms with Crippen molar-refractivity contribution in [2.75, 3.05) is 12.4 Å². The van der Waals surface area contributed by atoms with Crippen molar-refractivity contribution in [3.8, 4) is 5.75 Å². The molecule has 0 bridgehead atoms. The fourth-order valence-corrected chi connectivity index (χ4v) is 1.93. The number of oxazole rings is 1. The first-order valence-electron chi connectivity index (χ1n) is 6.30. The maximum atomic E-state index is 9.39. The van der Waals surface area contributed by atoms with Crippen molar-refractivity contribution in [1.82, 2.24) is 4.98 Å². The van der Waals surface area contributed by atoms with E-state index in [1.807, 2.05) is 43.5 Å². The fraction of sp³-hybridized carbons (Fsp3) is 0.0625. The minimum absolute atomic E-state index is 0.173. The molecule has 0 aliphatic carbocycles. The predicted octanol–water partition coefficient (Wildman–Crippen LogP) is 3.75. The number of anilines is 1. The molecule has 0 amide bonds. The average Bonchev–Trinajstić information content (AvgIpc) is 2.87. The molecule has 0 fully saturated rings. The topological polar surface area (TPSA) is 58.3 Å². The summed E-state index contributed by atoms with van der Waals surface area (Å²) in [4.78, 5) is 4.33. The van der Waals surface area contributed by atoms with Crippen molar-refractivity contribution < 1.29 is 9.52 Å². The van der Waals surface area contributed by atoms with Crippen LogP contribution >= 0.6 is 0 Å². The van der Waals surface area contributed by atoms with Gasteiger partial charge < -0.3 is 14.8 Å². The number of rotatable bonds is 3. The molecule has 0 aliphatic heterocycles. The molecule has 0 atom stereocenters. The number of hydrogen-bond donors (Lipinski definition) is 2. The molecule has 20 heavy (non-hydrogen) atoms. The first-order chi connectivity index (χ1) is 9.74. The van der Waals surface area contributed by atoms with Crippen molar-refractivity contribution in [3.05, 3.63) is 53.9 Å². The Bertz CT molecular complexity index is 758. The third-order valence-electron chi connectivity index (χ3n) is 3.01. The van der Waals surface area contributed by atoms with Crippen LogP contribution in [0.2, 0.25) is 0 Å². The van der Waals surface area contributed by atoms with Crippen LogP contribution in [0.15, 0.2) is 46.9 Å². The van der Waals surface area contributed by atoms with E-state index in [2.05, 4.69) is 10.3 Å². The minimum atomic E-state index is 0.173. The van der Waals surface area contributed by atoms with Crippen LogP contribution in [0.5, 0.6) is 5.75 Å². The number of aromatic nitrogens is 1. The lowest BCUT2D eigenvalue weighted by atomic mass is 10.2. The number of phenols is 1. The quantitative estimate of drug-likeness (QED) is 0.758. The van der Waals surface area contributed by atoms with Gasteiger partial charge in [-0.1, -0.05) is 12.1 Å². The molecule has 100 valence electrons. The van der Waals surface area contributed by atoms with Crippen molar-refractivity contribution in [1.29, 1.82) is 0 Å². The highest BCUT2D eigenvalue weighted by Crippen LogP contribution is 2.21. The van der Waals surface area contributed by atoms with Crippen molar-refractivity contribution in [2.45, 2.75) is 0 Å². The lowest BCUT2D eigenvalue weighted by molar-refractivity contribution is 0.474. The van der Waals surface area contributed by atoms with Gasteiger partial charge in [-0.05, 0) is 35.9 Å². The minimum Gasteiger partial charge on any atom is -0.508 e. The number of benzene rings is 2. The van der Waals surface area contributed by atoms with Crippen LogP contribution in [0, 0.1) is 0 Å². The van der Waals surface area contributed by atoms with Crippen LogP contribution in [0.4, 0.5) is 5.69 Å². The largest absolute Gasteiger partial charge is 0.508 e. The zero-order chi connectivity index (χ0) is 13.9. The van der Waals surface area contributed by atoms with Crippen LogP contribution in [-0.2, 0) is 0 Å². The molecule has 2 N–H and O–H groups in total. The van der Waals surface area contributed by atoms with Gasteiger partial charge in [0.25, 0.3) is 0 Å². The molecule has 0 aliphatic rings. The first kappa shape index (κ1) is 12.3. The Labute approximate surface area is 116 Å². The predicted molar refractivity (Wildman–Crippen MR) is 80.6 cm³/mol. The Hall–Kier alpha value is -2.75. The summed E-state index contributed by atoms with van der Waals surface area (Å²) in [5.74, 6) is 0.690. The Balaban J connectivity index is 1.85. The Morgan fingerprint density at radius 3 is 2.65 bits per heavy atom. The smallest absolute Gasteiger partial charge is 0.220 e. The van der Waals surface area contributed by atoms with Gasteiger partial charge >= 0.3 is 0 Å². The number of hydrogen-bond acceptors (Lipinski definition) is 4. The number of fused-ring (bicyclic) bond motifs is 1. The molecule has 0 radical (unpaired) electrons. The van der Waals surface area contributed by atoms with Gasteiger partial charge in [-0.15, -0.1) is 0 Å². The maximum absolute atomic E-state index is 9.39. The van der Waals surface area contributed by atoms with Gasteiger partial charge in [0.1, 0.15) is 11.3 Å². The third kappa shape index (κ3) is 2.49. The number of nitrogens with zero attached hydrogens (tertiary/aromatic N) is 1. The van der Waals surface area contributed by atoms with E-state index in [0.29, 0.717) is 11.5 Å². The van der Waals surface area contributed by atoms with Crippen LogP contribution in [-0.4, -0.2) is 17.1 Å². The van der Waals surface area contributed by atoms with Crippen LogP contribution in [0.1, 0.15) is 11.5 Å². The molecule has 0 unspecified atom stereocenters. The highest BCUT2D eigenvalue weighted by Gasteiger charge is 2.03. The monoisotopic (exact) mass is 266 g/mol. The molecule has 2 aromatic carbocycles. The van der Waals surface area contributed by atoms with Crippen molar-refractivity contribution in [2.24, 2.45) is 0 Å². The highest BCUT2D eigenvalue weighted by atomic mass is 16.3. The fourth-order valence-electron chi connectivity index (χ4n) is 1.93. The summed E-state index contributed by atoms with van der Waals surface area (Å²) < 4.78 is 5.55. The molecule has 1 aromatic heterocycles.